The molecule has 0 spiro atoms. The van der Waals surface area contributed by atoms with E-state index in [1.807, 2.05) is 43.3 Å². The first kappa shape index (κ1) is 15.3. The van der Waals surface area contributed by atoms with Gasteiger partial charge in [-0.2, -0.15) is 0 Å². The second-order valence-corrected chi connectivity index (χ2v) is 5.07. The number of phenolic OH excluding ortho intramolecular Hbond substituents is 1. The van der Waals surface area contributed by atoms with Gasteiger partial charge in [0.15, 0.2) is 0 Å². The minimum Gasteiger partial charge on any atom is -0.507 e. The largest absolute Gasteiger partial charge is 0.507 e. The molecular formula is C18H21NO2. The van der Waals surface area contributed by atoms with Crippen molar-refractivity contribution < 1.29 is 10.2 Å². The smallest absolute Gasteiger partial charge is 0.124 e. The minimum absolute atomic E-state index is 0.200. The monoisotopic (exact) mass is 283 g/mol. The maximum atomic E-state index is 10.2. The van der Waals surface area contributed by atoms with Crippen molar-refractivity contribution in [2.75, 3.05) is 0 Å². The molecule has 0 aliphatic rings. The van der Waals surface area contributed by atoms with Crippen LogP contribution in [0.5, 0.6) is 5.75 Å². The van der Waals surface area contributed by atoms with Crippen LogP contribution >= 0.6 is 0 Å². The van der Waals surface area contributed by atoms with Crippen LogP contribution < -0.4 is 0 Å². The van der Waals surface area contributed by atoms with Crippen LogP contribution in [0.15, 0.2) is 59.6 Å². The summed E-state index contributed by atoms with van der Waals surface area (Å²) in [5.74, 6) is 0.200. The van der Waals surface area contributed by atoms with Crippen molar-refractivity contribution in [1.82, 2.24) is 0 Å². The molecule has 0 fully saturated rings. The van der Waals surface area contributed by atoms with Gasteiger partial charge in [-0.25, -0.2) is 0 Å². The van der Waals surface area contributed by atoms with E-state index >= 15 is 0 Å². The average Bonchev–Trinajstić information content (AvgIpc) is 2.53. The van der Waals surface area contributed by atoms with Crippen LogP contribution in [0.3, 0.4) is 0 Å². The molecule has 0 unspecified atom stereocenters. The third kappa shape index (κ3) is 4.43. The molecule has 0 bridgehead atoms. The Morgan fingerprint density at radius 2 is 1.71 bits per heavy atom. The van der Waals surface area contributed by atoms with E-state index in [0.29, 0.717) is 18.4 Å². The van der Waals surface area contributed by atoms with Gasteiger partial charge in [-0.3, -0.25) is 4.99 Å². The summed E-state index contributed by atoms with van der Waals surface area (Å²) in [5, 5.41) is 19.9. The number of hydrogen-bond acceptors (Lipinski definition) is 3. The van der Waals surface area contributed by atoms with Crippen LogP contribution in [-0.4, -0.2) is 28.6 Å². The Bertz CT molecular complexity index is 581. The number of phenols is 1. The number of rotatable bonds is 6. The van der Waals surface area contributed by atoms with Crippen LogP contribution in [0.25, 0.3) is 0 Å². The predicted octanol–water partition coefficient (Wildman–Crippen LogP) is 3.19. The highest BCUT2D eigenvalue weighted by atomic mass is 16.3. The lowest BCUT2D eigenvalue weighted by atomic mass is 10.0. The van der Waals surface area contributed by atoms with Crippen molar-refractivity contribution in [2.45, 2.75) is 31.9 Å². The number of nitrogens with zero attached hydrogens (tertiary/aromatic N) is 1. The molecule has 2 rings (SSSR count). The number of aliphatic hydroxyl groups is 1. The lowest BCUT2D eigenvalue weighted by molar-refractivity contribution is 0.141. The van der Waals surface area contributed by atoms with E-state index < -0.39 is 6.10 Å². The van der Waals surface area contributed by atoms with Crippen molar-refractivity contribution in [1.29, 1.82) is 0 Å². The zero-order valence-electron chi connectivity index (χ0n) is 12.2. The lowest BCUT2D eigenvalue weighted by Gasteiger charge is -2.18. The van der Waals surface area contributed by atoms with Crippen LogP contribution in [0.1, 0.15) is 24.5 Å². The molecule has 2 N–H and O–H groups in total. The molecule has 0 aliphatic carbocycles. The van der Waals surface area contributed by atoms with Gasteiger partial charge in [0.05, 0.1) is 12.1 Å². The first-order valence-corrected chi connectivity index (χ1v) is 7.24. The fraction of sp³-hybridized carbons (Fsp3) is 0.278. The van der Waals surface area contributed by atoms with Crippen LogP contribution in [0.2, 0.25) is 0 Å². The summed E-state index contributed by atoms with van der Waals surface area (Å²) < 4.78 is 0. The molecule has 2 aromatic rings. The molecule has 21 heavy (non-hydrogen) atoms. The SMILES string of the molecule is CC[C@@H](O)[C@H](Cc1ccccc1)N=Cc1ccccc1O. The van der Waals surface area contributed by atoms with E-state index in [1.165, 1.54) is 0 Å². The van der Waals surface area contributed by atoms with Crippen molar-refractivity contribution in [2.24, 2.45) is 4.99 Å². The molecule has 0 saturated heterocycles. The van der Waals surface area contributed by atoms with E-state index in [4.69, 9.17) is 0 Å². The highest BCUT2D eigenvalue weighted by Gasteiger charge is 2.16. The Kier molecular flexibility index (Phi) is 5.52. The standard InChI is InChI=1S/C18H21NO2/c1-2-17(20)16(12-14-8-4-3-5-9-14)19-13-15-10-6-7-11-18(15)21/h3-11,13,16-17,20-21H,2,12H2,1H3/t16-,17+/m0/s1. The number of benzene rings is 2. The molecule has 0 aliphatic heterocycles. The van der Waals surface area contributed by atoms with Crippen molar-refractivity contribution in [3.8, 4) is 5.75 Å². The quantitative estimate of drug-likeness (QED) is 0.800. The van der Waals surface area contributed by atoms with E-state index in [9.17, 15) is 10.2 Å². The van der Waals surface area contributed by atoms with Gasteiger partial charge in [0, 0.05) is 11.8 Å². The number of para-hydroxylation sites is 1. The molecular weight excluding hydrogens is 262 g/mol. The number of aliphatic hydroxyl groups excluding tert-OH is 1. The van der Waals surface area contributed by atoms with Crippen molar-refractivity contribution >= 4 is 6.21 Å². The van der Waals surface area contributed by atoms with Crippen LogP contribution in [-0.2, 0) is 6.42 Å². The zero-order chi connectivity index (χ0) is 15.1. The van der Waals surface area contributed by atoms with Gasteiger partial charge >= 0.3 is 0 Å². The summed E-state index contributed by atoms with van der Waals surface area (Å²) in [6, 6.07) is 16.8. The predicted molar refractivity (Wildman–Crippen MR) is 85.9 cm³/mol. The fourth-order valence-electron chi connectivity index (χ4n) is 2.19. The molecule has 3 heteroatoms. The van der Waals surface area contributed by atoms with Crippen molar-refractivity contribution in [3.63, 3.8) is 0 Å². The summed E-state index contributed by atoms with van der Waals surface area (Å²) >= 11 is 0. The van der Waals surface area contributed by atoms with Gasteiger partial charge in [0.1, 0.15) is 5.75 Å². The Morgan fingerprint density at radius 3 is 2.38 bits per heavy atom. The second-order valence-electron chi connectivity index (χ2n) is 5.07. The van der Waals surface area contributed by atoms with Gasteiger partial charge < -0.3 is 10.2 Å². The molecule has 3 nitrogen and oxygen atoms in total. The zero-order valence-corrected chi connectivity index (χ0v) is 12.2. The van der Waals surface area contributed by atoms with Crippen LogP contribution in [0, 0.1) is 0 Å². The number of hydrogen-bond donors (Lipinski definition) is 2. The highest BCUT2D eigenvalue weighted by molar-refractivity contribution is 5.83. The summed E-state index contributed by atoms with van der Waals surface area (Å²) in [5.41, 5.74) is 1.81. The summed E-state index contributed by atoms with van der Waals surface area (Å²) in [7, 11) is 0. The first-order chi connectivity index (χ1) is 10.2. The van der Waals surface area contributed by atoms with Crippen molar-refractivity contribution in [3.05, 3.63) is 65.7 Å². The lowest BCUT2D eigenvalue weighted by Crippen LogP contribution is -2.26. The molecule has 0 saturated carbocycles. The minimum atomic E-state index is -0.493. The summed E-state index contributed by atoms with van der Waals surface area (Å²) in [6.07, 6.45) is 2.48. The van der Waals surface area contributed by atoms with Gasteiger partial charge in [-0.15, -0.1) is 0 Å². The Labute approximate surface area is 125 Å². The Hall–Kier alpha value is -2.13. The topological polar surface area (TPSA) is 52.8 Å². The van der Waals surface area contributed by atoms with E-state index in [0.717, 1.165) is 5.56 Å². The normalized spacial score (nSPS) is 14.2. The van der Waals surface area contributed by atoms with Gasteiger partial charge in [0.2, 0.25) is 0 Å². The molecule has 0 amide bonds. The molecule has 0 radical (unpaired) electrons. The third-order valence-corrected chi connectivity index (χ3v) is 3.49. The first-order valence-electron chi connectivity index (χ1n) is 7.24. The third-order valence-electron chi connectivity index (χ3n) is 3.49. The molecule has 2 atom stereocenters. The molecule has 2 aromatic carbocycles. The Balaban J connectivity index is 2.15. The summed E-state index contributed by atoms with van der Waals surface area (Å²) in [4.78, 5) is 4.49. The average molecular weight is 283 g/mol. The van der Waals surface area contributed by atoms with E-state index in [2.05, 4.69) is 4.99 Å². The maximum Gasteiger partial charge on any atom is 0.124 e. The van der Waals surface area contributed by atoms with Crippen LogP contribution in [0.4, 0.5) is 0 Å². The van der Waals surface area contributed by atoms with Gasteiger partial charge in [-0.05, 0) is 30.5 Å². The summed E-state index contributed by atoms with van der Waals surface area (Å²) in [6.45, 7) is 1.94. The highest BCUT2D eigenvalue weighted by Crippen LogP contribution is 2.15. The van der Waals surface area contributed by atoms with Gasteiger partial charge in [0.25, 0.3) is 0 Å². The van der Waals surface area contributed by atoms with Gasteiger partial charge in [-0.1, -0.05) is 49.4 Å². The molecule has 0 heterocycles. The second kappa shape index (κ2) is 7.60. The molecule has 110 valence electrons. The van der Waals surface area contributed by atoms with E-state index in [1.54, 1.807) is 24.4 Å². The Morgan fingerprint density at radius 1 is 1.05 bits per heavy atom. The van der Waals surface area contributed by atoms with E-state index in [-0.39, 0.29) is 11.8 Å². The molecule has 0 aromatic heterocycles. The fourth-order valence-corrected chi connectivity index (χ4v) is 2.19. The maximum absolute atomic E-state index is 10.2. The number of aromatic hydroxyl groups is 1. The number of aliphatic imine (C=N–C) groups is 1.